The number of para-hydroxylation sites is 1. The normalized spacial score (nSPS) is 15.8. The third-order valence-electron chi connectivity index (χ3n) is 5.23. The van der Waals surface area contributed by atoms with Crippen LogP contribution < -0.4 is 10.0 Å². The highest BCUT2D eigenvalue weighted by Gasteiger charge is 2.25. The van der Waals surface area contributed by atoms with Crippen LogP contribution in [-0.2, 0) is 16.4 Å². The first-order valence-electron chi connectivity index (χ1n) is 9.52. The quantitative estimate of drug-likeness (QED) is 0.396. The molecule has 1 aliphatic rings. The molecule has 0 unspecified atom stereocenters. The lowest BCUT2D eigenvalue weighted by atomic mass is 10.1. The molecule has 0 saturated carbocycles. The lowest BCUT2D eigenvalue weighted by molar-refractivity contribution is 0.603. The van der Waals surface area contributed by atoms with Gasteiger partial charge in [0, 0.05) is 5.39 Å². The summed E-state index contributed by atoms with van der Waals surface area (Å²) in [6.07, 6.45) is 1.91. The van der Waals surface area contributed by atoms with Gasteiger partial charge in [-0.3, -0.25) is 4.72 Å². The number of pyridine rings is 1. The number of aryl methyl sites for hydroxylation is 1. The molecule has 152 valence electrons. The second-order valence-corrected chi connectivity index (χ2v) is 10.8. The lowest BCUT2D eigenvalue weighted by Gasteiger charge is -2.19. The summed E-state index contributed by atoms with van der Waals surface area (Å²) < 4.78 is 29.1. The number of benzene rings is 2. The van der Waals surface area contributed by atoms with E-state index in [1.807, 2.05) is 42.5 Å². The highest BCUT2D eigenvalue weighted by atomic mass is 35.5. The van der Waals surface area contributed by atoms with Gasteiger partial charge in [-0.15, -0.1) is 11.3 Å². The van der Waals surface area contributed by atoms with E-state index in [0.717, 1.165) is 35.1 Å². The molecule has 2 N–H and O–H groups in total. The number of aromatic nitrogens is 1. The second-order valence-electron chi connectivity index (χ2n) is 7.18. The Kier molecular flexibility index (Phi) is 4.89. The fraction of sp³-hybridized carbons (Fsp3) is 0.136. The van der Waals surface area contributed by atoms with Crippen molar-refractivity contribution in [1.29, 1.82) is 0 Å². The first kappa shape index (κ1) is 19.4. The summed E-state index contributed by atoms with van der Waals surface area (Å²) >= 11 is 6.96. The van der Waals surface area contributed by atoms with Gasteiger partial charge in [-0.05, 0) is 48.2 Å². The Hall–Kier alpha value is -2.61. The first-order valence-corrected chi connectivity index (χ1v) is 12.2. The van der Waals surface area contributed by atoms with Crippen LogP contribution in [0.2, 0.25) is 4.34 Å². The molecule has 4 aromatic rings. The van der Waals surface area contributed by atoms with Gasteiger partial charge in [0.25, 0.3) is 10.0 Å². The minimum Gasteiger partial charge on any atom is -0.361 e. The summed E-state index contributed by atoms with van der Waals surface area (Å²) in [6.45, 7) is 0. The van der Waals surface area contributed by atoms with Gasteiger partial charge in [0.2, 0.25) is 0 Å². The van der Waals surface area contributed by atoms with E-state index in [1.54, 1.807) is 6.07 Å². The van der Waals surface area contributed by atoms with E-state index < -0.39 is 10.0 Å². The zero-order valence-corrected chi connectivity index (χ0v) is 18.2. The Morgan fingerprint density at radius 3 is 2.67 bits per heavy atom. The smallest absolute Gasteiger partial charge is 0.271 e. The van der Waals surface area contributed by atoms with E-state index in [2.05, 4.69) is 22.2 Å². The van der Waals surface area contributed by atoms with E-state index in [1.165, 1.54) is 17.2 Å². The highest BCUT2D eigenvalue weighted by Crippen LogP contribution is 2.37. The van der Waals surface area contributed by atoms with E-state index in [-0.39, 0.29) is 10.3 Å². The lowest BCUT2D eigenvalue weighted by Crippen LogP contribution is -2.16. The molecule has 2 aromatic heterocycles. The van der Waals surface area contributed by atoms with E-state index in [9.17, 15) is 8.42 Å². The third-order valence-corrected chi connectivity index (χ3v) is 8.31. The zero-order chi connectivity index (χ0) is 20.7. The molecule has 1 aliphatic carbocycles. The third kappa shape index (κ3) is 3.64. The second kappa shape index (κ2) is 7.58. The number of fused-ring (bicyclic) bond motifs is 2. The predicted molar refractivity (Wildman–Crippen MR) is 123 cm³/mol. The molecule has 0 aliphatic heterocycles. The monoisotopic (exact) mass is 455 g/mol. The topological polar surface area (TPSA) is 71.1 Å². The fourth-order valence-electron chi connectivity index (χ4n) is 3.81. The van der Waals surface area contributed by atoms with E-state index >= 15 is 0 Å². The average Bonchev–Trinajstić information content (AvgIpc) is 3.35. The van der Waals surface area contributed by atoms with Crippen molar-refractivity contribution < 1.29 is 8.42 Å². The number of hydrogen-bond donors (Lipinski definition) is 2. The van der Waals surface area contributed by atoms with Crippen LogP contribution in [0.1, 0.15) is 23.6 Å². The Balaban J connectivity index is 1.55. The first-order chi connectivity index (χ1) is 14.5. The van der Waals surface area contributed by atoms with Crippen LogP contribution in [0, 0.1) is 0 Å². The Morgan fingerprint density at radius 1 is 1.03 bits per heavy atom. The summed E-state index contributed by atoms with van der Waals surface area (Å²) in [5.74, 6) is 0.515. The van der Waals surface area contributed by atoms with Gasteiger partial charge in [-0.1, -0.05) is 54.1 Å². The van der Waals surface area contributed by atoms with Crippen molar-refractivity contribution in [2.45, 2.75) is 23.1 Å². The summed E-state index contributed by atoms with van der Waals surface area (Å²) in [4.78, 5) is 4.73. The van der Waals surface area contributed by atoms with Crippen LogP contribution in [-0.4, -0.2) is 13.4 Å². The number of hydrogen-bond acceptors (Lipinski definition) is 5. The van der Waals surface area contributed by atoms with Crippen molar-refractivity contribution in [1.82, 2.24) is 4.98 Å². The van der Waals surface area contributed by atoms with Gasteiger partial charge in [0.15, 0.2) is 5.82 Å². The molecular weight excluding hydrogens is 438 g/mol. The largest absolute Gasteiger partial charge is 0.361 e. The Labute approximate surface area is 183 Å². The number of nitrogens with zero attached hydrogens (tertiary/aromatic N) is 1. The van der Waals surface area contributed by atoms with Crippen molar-refractivity contribution in [2.24, 2.45) is 0 Å². The maximum atomic E-state index is 12.9. The van der Waals surface area contributed by atoms with Gasteiger partial charge >= 0.3 is 0 Å². The Bertz CT molecular complexity index is 1350. The number of halogens is 1. The molecule has 5 rings (SSSR count). The molecule has 2 heterocycles. The summed E-state index contributed by atoms with van der Waals surface area (Å²) in [6, 6.07) is 20.9. The van der Waals surface area contributed by atoms with Crippen molar-refractivity contribution in [3.8, 4) is 0 Å². The number of anilines is 2. The summed E-state index contributed by atoms with van der Waals surface area (Å²) in [5.41, 5.74) is 3.76. The zero-order valence-electron chi connectivity index (χ0n) is 15.8. The van der Waals surface area contributed by atoms with Gasteiger partial charge in [0.05, 0.1) is 21.6 Å². The molecule has 0 fully saturated rings. The van der Waals surface area contributed by atoms with E-state index in [4.69, 9.17) is 16.6 Å². The molecular formula is C22H18ClN3O2S2. The molecule has 0 amide bonds. The number of sulfonamides is 1. The van der Waals surface area contributed by atoms with Crippen LogP contribution in [0.4, 0.5) is 11.5 Å². The molecule has 0 radical (unpaired) electrons. The number of nitrogens with one attached hydrogen (secondary N) is 2. The minimum atomic E-state index is -3.77. The van der Waals surface area contributed by atoms with Crippen LogP contribution in [0.5, 0.6) is 0 Å². The van der Waals surface area contributed by atoms with Crippen molar-refractivity contribution in [3.05, 3.63) is 82.2 Å². The fourth-order valence-corrected chi connectivity index (χ4v) is 6.35. The molecule has 5 nitrogen and oxygen atoms in total. The van der Waals surface area contributed by atoms with Crippen LogP contribution in [0.3, 0.4) is 0 Å². The standard InChI is InChI=1S/C22H18ClN3O2S2/c23-20-11-12-21(29-20)30(27,28)26-19-13-15-6-2-4-8-17(15)24-22(19)25-18-10-9-14-5-1-3-7-16(14)18/h1-8,11-13,18,26H,9-10H2,(H,24,25)/t18-/m1/s1. The van der Waals surface area contributed by atoms with Crippen molar-refractivity contribution in [2.75, 3.05) is 10.0 Å². The molecule has 2 aromatic carbocycles. The van der Waals surface area contributed by atoms with Gasteiger partial charge in [0.1, 0.15) is 4.21 Å². The number of rotatable bonds is 5. The molecule has 0 bridgehead atoms. The van der Waals surface area contributed by atoms with Crippen LogP contribution >= 0.6 is 22.9 Å². The van der Waals surface area contributed by atoms with Crippen LogP contribution in [0.15, 0.2) is 70.9 Å². The summed E-state index contributed by atoms with van der Waals surface area (Å²) in [7, 11) is -3.77. The predicted octanol–water partition coefficient (Wildman–Crippen LogP) is 5.85. The highest BCUT2D eigenvalue weighted by molar-refractivity contribution is 7.94. The number of thiophene rings is 1. The maximum absolute atomic E-state index is 12.9. The Morgan fingerprint density at radius 2 is 1.83 bits per heavy atom. The van der Waals surface area contributed by atoms with Crippen molar-refractivity contribution in [3.63, 3.8) is 0 Å². The van der Waals surface area contributed by atoms with Crippen molar-refractivity contribution >= 4 is 55.4 Å². The van der Waals surface area contributed by atoms with Crippen LogP contribution in [0.25, 0.3) is 10.9 Å². The van der Waals surface area contributed by atoms with Gasteiger partial charge in [-0.25, -0.2) is 13.4 Å². The molecule has 8 heteroatoms. The average molecular weight is 456 g/mol. The van der Waals surface area contributed by atoms with E-state index in [0.29, 0.717) is 15.8 Å². The van der Waals surface area contributed by atoms with Gasteiger partial charge in [-0.2, -0.15) is 0 Å². The molecule has 0 saturated heterocycles. The maximum Gasteiger partial charge on any atom is 0.271 e. The molecule has 1 atom stereocenters. The molecule has 0 spiro atoms. The SMILES string of the molecule is O=S(=O)(Nc1cc2ccccc2nc1N[C@@H]1CCc2ccccc21)c1ccc(Cl)s1. The molecule has 30 heavy (non-hydrogen) atoms. The summed E-state index contributed by atoms with van der Waals surface area (Å²) in [5, 5.41) is 4.33. The minimum absolute atomic E-state index is 0.0781. The van der Waals surface area contributed by atoms with Gasteiger partial charge < -0.3 is 5.32 Å².